The van der Waals surface area contributed by atoms with E-state index in [-0.39, 0.29) is 17.2 Å². The fourth-order valence-electron chi connectivity index (χ4n) is 4.86. The minimum Gasteiger partial charge on any atom is -0.489 e. The second-order valence-electron chi connectivity index (χ2n) is 10.0. The summed E-state index contributed by atoms with van der Waals surface area (Å²) < 4.78 is 5.95. The zero-order valence-corrected chi connectivity index (χ0v) is 23.7. The summed E-state index contributed by atoms with van der Waals surface area (Å²) in [6.07, 6.45) is 1.60. The van der Waals surface area contributed by atoms with Crippen LogP contribution in [0.15, 0.2) is 126 Å². The van der Waals surface area contributed by atoms with Gasteiger partial charge < -0.3 is 9.64 Å². The number of hydrogen-bond acceptors (Lipinski definition) is 5. The number of hydrogen-bond donors (Lipinski definition) is 1. The summed E-state index contributed by atoms with van der Waals surface area (Å²) in [5.74, 6) is 1.03. The second kappa shape index (κ2) is 12.7. The molecule has 0 radical (unpaired) electrons. The molecular formula is C35H29N3O3S. The molecule has 5 aromatic rings. The maximum atomic E-state index is 12.7. The molecule has 0 unspecified atom stereocenters. The number of carbonyl (C=O) groups is 2. The Kier molecular flexibility index (Phi) is 8.28. The van der Waals surface area contributed by atoms with Crippen molar-refractivity contribution in [2.45, 2.75) is 18.5 Å². The summed E-state index contributed by atoms with van der Waals surface area (Å²) >= 11 is 1.60. The molecule has 1 aliphatic rings. The largest absolute Gasteiger partial charge is 0.489 e. The topological polar surface area (TPSA) is 71.0 Å². The quantitative estimate of drug-likeness (QED) is 0.153. The molecule has 5 aromatic carbocycles. The number of nitrogens with one attached hydrogen (secondary N) is 1. The smallest absolute Gasteiger partial charge is 0.271 e. The third kappa shape index (κ3) is 6.53. The number of rotatable bonds is 9. The Morgan fingerprint density at radius 2 is 1.60 bits per heavy atom. The highest BCUT2D eigenvalue weighted by Gasteiger charge is 2.32. The number of ether oxygens (including phenoxy) is 1. The third-order valence-electron chi connectivity index (χ3n) is 7.10. The van der Waals surface area contributed by atoms with E-state index in [2.05, 4.69) is 40.9 Å². The predicted octanol–water partition coefficient (Wildman–Crippen LogP) is 6.96. The van der Waals surface area contributed by atoms with Gasteiger partial charge in [0.1, 0.15) is 17.7 Å². The van der Waals surface area contributed by atoms with E-state index in [1.54, 1.807) is 30.1 Å². The van der Waals surface area contributed by atoms with Gasteiger partial charge in [-0.25, -0.2) is 5.43 Å². The number of fused-ring (bicyclic) bond motifs is 1. The summed E-state index contributed by atoms with van der Waals surface area (Å²) in [5, 5.41) is 6.44. The van der Waals surface area contributed by atoms with Crippen LogP contribution in [-0.2, 0) is 17.9 Å². The van der Waals surface area contributed by atoms with Crippen LogP contribution < -0.4 is 10.2 Å². The van der Waals surface area contributed by atoms with Gasteiger partial charge in [-0.05, 0) is 75.5 Å². The van der Waals surface area contributed by atoms with Gasteiger partial charge >= 0.3 is 0 Å². The molecule has 1 atom stereocenters. The first-order valence-corrected chi connectivity index (χ1v) is 14.8. The minimum absolute atomic E-state index is 0.0765. The van der Waals surface area contributed by atoms with Crippen molar-refractivity contribution in [2.75, 3.05) is 5.75 Å². The summed E-state index contributed by atoms with van der Waals surface area (Å²) in [6, 6.07) is 39.5. The highest BCUT2D eigenvalue weighted by atomic mass is 32.2. The molecular weight excluding hydrogens is 542 g/mol. The Bertz CT molecular complexity index is 1720. The Morgan fingerprint density at radius 1 is 0.857 bits per heavy atom. The molecule has 6 rings (SSSR count). The Balaban J connectivity index is 1.01. The lowest BCUT2D eigenvalue weighted by atomic mass is 10.1. The highest BCUT2D eigenvalue weighted by molar-refractivity contribution is 8.00. The molecule has 1 aliphatic heterocycles. The third-order valence-corrected chi connectivity index (χ3v) is 8.36. The Hall–Kier alpha value is -4.88. The first-order valence-electron chi connectivity index (χ1n) is 13.7. The first kappa shape index (κ1) is 27.3. The molecule has 2 amide bonds. The zero-order valence-electron chi connectivity index (χ0n) is 22.9. The lowest BCUT2D eigenvalue weighted by molar-refractivity contribution is -0.128. The van der Waals surface area contributed by atoms with Crippen LogP contribution in [0.3, 0.4) is 0 Å². The Labute approximate surface area is 249 Å². The number of thioether (sulfide) groups is 1. The lowest BCUT2D eigenvalue weighted by Gasteiger charge is -2.24. The molecule has 0 bridgehead atoms. The van der Waals surface area contributed by atoms with E-state index in [4.69, 9.17) is 4.74 Å². The molecule has 6 nitrogen and oxygen atoms in total. The fourth-order valence-corrected chi connectivity index (χ4v) is 6.04. The van der Waals surface area contributed by atoms with Crippen LogP contribution in [0.2, 0.25) is 0 Å². The van der Waals surface area contributed by atoms with Crippen molar-refractivity contribution in [3.8, 4) is 5.75 Å². The van der Waals surface area contributed by atoms with Gasteiger partial charge in [0.05, 0.1) is 12.0 Å². The minimum atomic E-state index is -0.301. The van der Waals surface area contributed by atoms with Crippen molar-refractivity contribution in [3.05, 3.63) is 149 Å². The SMILES string of the molecule is O=C(N/N=C\c1ccc(OCc2ccc3ccccc3c2)cc1)c1ccc([C@H]2SCC(=O)N2Cc2ccccc2)cc1. The van der Waals surface area contributed by atoms with Crippen LogP contribution in [0.4, 0.5) is 0 Å². The molecule has 0 aromatic heterocycles. The van der Waals surface area contributed by atoms with Gasteiger partial charge in [0.15, 0.2) is 0 Å². The molecule has 1 saturated heterocycles. The number of hydrazone groups is 1. The second-order valence-corrected chi connectivity index (χ2v) is 11.1. The van der Waals surface area contributed by atoms with Crippen molar-refractivity contribution in [1.29, 1.82) is 0 Å². The van der Waals surface area contributed by atoms with Crippen LogP contribution >= 0.6 is 11.8 Å². The molecule has 0 aliphatic carbocycles. The van der Waals surface area contributed by atoms with Crippen molar-refractivity contribution in [1.82, 2.24) is 10.3 Å². The molecule has 1 fully saturated rings. The van der Waals surface area contributed by atoms with Crippen molar-refractivity contribution in [2.24, 2.45) is 5.10 Å². The van der Waals surface area contributed by atoms with Gasteiger partial charge in [0.2, 0.25) is 5.91 Å². The Morgan fingerprint density at radius 3 is 2.38 bits per heavy atom. The van der Waals surface area contributed by atoms with Crippen LogP contribution in [0.25, 0.3) is 10.8 Å². The summed E-state index contributed by atoms with van der Waals surface area (Å²) in [5.41, 5.74) is 7.12. The maximum absolute atomic E-state index is 12.7. The highest BCUT2D eigenvalue weighted by Crippen LogP contribution is 2.39. The van der Waals surface area contributed by atoms with Crippen molar-refractivity contribution < 1.29 is 14.3 Å². The van der Waals surface area contributed by atoms with Gasteiger partial charge in [0, 0.05) is 12.1 Å². The zero-order chi connectivity index (χ0) is 28.7. The molecule has 0 spiro atoms. The van der Waals surface area contributed by atoms with Crippen LogP contribution in [0, 0.1) is 0 Å². The van der Waals surface area contributed by atoms with Crippen molar-refractivity contribution in [3.63, 3.8) is 0 Å². The summed E-state index contributed by atoms with van der Waals surface area (Å²) in [4.78, 5) is 27.1. The predicted molar refractivity (Wildman–Crippen MR) is 168 cm³/mol. The first-order chi connectivity index (χ1) is 20.6. The van der Waals surface area contributed by atoms with E-state index in [9.17, 15) is 9.59 Å². The number of nitrogens with zero attached hydrogens (tertiary/aromatic N) is 2. The molecule has 0 saturated carbocycles. The molecule has 208 valence electrons. The summed E-state index contributed by atoms with van der Waals surface area (Å²) in [7, 11) is 0. The van der Waals surface area contributed by atoms with E-state index < -0.39 is 0 Å². The number of benzene rings is 5. The normalized spacial score (nSPS) is 14.9. The molecule has 1 N–H and O–H groups in total. The summed E-state index contributed by atoms with van der Waals surface area (Å²) in [6.45, 7) is 1.04. The standard InChI is InChI=1S/C35H29N3O3S/c39-33-24-42-35(38(33)22-26-6-2-1-3-7-26)30-16-14-29(15-17-30)34(40)37-36-21-25-11-18-32(19-12-25)41-23-27-10-13-28-8-4-5-9-31(28)20-27/h1-21,35H,22-24H2,(H,37,40)/b36-21-/t35-/m1/s1. The van der Waals surface area contributed by atoms with Gasteiger partial charge in [-0.1, -0.05) is 78.9 Å². The van der Waals surface area contributed by atoms with Crippen LogP contribution in [-0.4, -0.2) is 28.7 Å². The fraction of sp³-hybridized carbons (Fsp3) is 0.114. The average molecular weight is 572 g/mol. The lowest BCUT2D eigenvalue weighted by Crippen LogP contribution is -2.27. The van der Waals surface area contributed by atoms with E-state index >= 15 is 0 Å². The maximum Gasteiger partial charge on any atom is 0.271 e. The van der Waals surface area contributed by atoms with Gasteiger partial charge in [0.25, 0.3) is 5.91 Å². The van der Waals surface area contributed by atoms with Gasteiger partial charge in [-0.3, -0.25) is 9.59 Å². The van der Waals surface area contributed by atoms with E-state index in [1.807, 2.05) is 83.8 Å². The van der Waals surface area contributed by atoms with E-state index in [0.717, 1.165) is 28.0 Å². The van der Waals surface area contributed by atoms with E-state index in [0.29, 0.717) is 24.5 Å². The van der Waals surface area contributed by atoms with Crippen molar-refractivity contribution >= 4 is 40.6 Å². The van der Waals surface area contributed by atoms with Crippen LogP contribution in [0.5, 0.6) is 5.75 Å². The van der Waals surface area contributed by atoms with Crippen LogP contribution in [0.1, 0.15) is 38.0 Å². The molecule has 42 heavy (non-hydrogen) atoms. The number of carbonyl (C=O) groups excluding carboxylic acids is 2. The number of amides is 2. The average Bonchev–Trinajstić information content (AvgIpc) is 3.40. The van der Waals surface area contributed by atoms with Gasteiger partial charge in [-0.15, -0.1) is 11.8 Å². The molecule has 7 heteroatoms. The monoisotopic (exact) mass is 571 g/mol. The van der Waals surface area contributed by atoms with E-state index in [1.165, 1.54) is 10.8 Å². The molecule has 1 heterocycles. The van der Waals surface area contributed by atoms with Gasteiger partial charge in [-0.2, -0.15) is 5.10 Å².